The van der Waals surface area contributed by atoms with E-state index in [9.17, 15) is 18.9 Å². The normalized spacial score (nSPS) is 15.6. The van der Waals surface area contributed by atoms with Gasteiger partial charge in [-0.05, 0) is 18.2 Å². The molecule has 1 aliphatic heterocycles. The fourth-order valence-corrected chi connectivity index (χ4v) is 4.37. The minimum atomic E-state index is -3.10. The Morgan fingerprint density at radius 2 is 1.83 bits per heavy atom. The average Bonchev–Trinajstić information content (AvgIpc) is 3.08. The Morgan fingerprint density at radius 3 is 2.34 bits per heavy atom. The van der Waals surface area contributed by atoms with Crippen LogP contribution in [-0.2, 0) is 13.1 Å². The Hall–Kier alpha value is -2.01. The molecule has 1 saturated heterocycles. The van der Waals surface area contributed by atoms with Crippen LogP contribution in [0.5, 0.6) is 11.5 Å². The monoisotopic (exact) mass is 447 g/mol. The van der Waals surface area contributed by atoms with Gasteiger partial charge in [-0.15, -0.1) is 11.3 Å². The van der Waals surface area contributed by atoms with Crippen LogP contribution in [0.3, 0.4) is 0 Å². The second-order valence-corrected chi connectivity index (χ2v) is 8.33. The van der Waals surface area contributed by atoms with Crippen LogP contribution in [0, 0.1) is 10.1 Å². The molecule has 0 radical (unpaired) electrons. The molecule has 1 fully saturated rings. The molecular weight excluding hydrogens is 428 g/mol. The van der Waals surface area contributed by atoms with E-state index in [1.165, 1.54) is 18.1 Å². The lowest BCUT2D eigenvalue weighted by atomic mass is 10.1. The number of methoxy groups -OCH3 is 1. The molecule has 7 nitrogen and oxygen atoms in total. The van der Waals surface area contributed by atoms with Crippen LogP contribution in [0.15, 0.2) is 24.3 Å². The Balaban J connectivity index is 1.67. The lowest BCUT2D eigenvalue weighted by molar-refractivity contribution is -0.385. The Kier molecular flexibility index (Phi) is 7.23. The fraction of sp³-hybridized carbons (Fsp3) is 0.444. The third kappa shape index (κ3) is 5.75. The number of hydrogen-bond acceptors (Lipinski definition) is 7. The van der Waals surface area contributed by atoms with Crippen LogP contribution < -0.4 is 9.47 Å². The van der Waals surface area contributed by atoms with E-state index in [1.807, 2.05) is 12.1 Å². The van der Waals surface area contributed by atoms with E-state index < -0.39 is 11.5 Å². The van der Waals surface area contributed by atoms with Crippen LogP contribution in [0.2, 0.25) is 4.34 Å². The molecule has 0 amide bonds. The molecule has 0 saturated carbocycles. The molecule has 3 rings (SSSR count). The average molecular weight is 448 g/mol. The molecule has 158 valence electrons. The molecule has 0 atom stereocenters. The lowest BCUT2D eigenvalue weighted by Gasteiger charge is -2.34. The molecule has 29 heavy (non-hydrogen) atoms. The Bertz CT molecular complexity index is 860. The number of nitro benzene ring substituents is 1. The number of hydrogen-bond donors (Lipinski definition) is 0. The summed E-state index contributed by atoms with van der Waals surface area (Å²) in [6, 6.07) is 6.29. The molecule has 11 heteroatoms. The summed E-state index contributed by atoms with van der Waals surface area (Å²) >= 11 is 7.53. The fourth-order valence-electron chi connectivity index (χ4n) is 3.24. The van der Waals surface area contributed by atoms with E-state index in [0.29, 0.717) is 12.1 Å². The second-order valence-electron chi connectivity index (χ2n) is 6.53. The Morgan fingerprint density at radius 1 is 1.17 bits per heavy atom. The number of ether oxygens (including phenoxy) is 2. The number of benzene rings is 1. The number of piperazine rings is 1. The standard InChI is InChI=1S/C18H20ClF2N3O4S/c1-27-15-8-12(14(24(25)26)9-16(15)28-18(20)21)10-22-4-6-23(7-5-22)11-13-2-3-17(19)29-13/h2-3,8-9,18H,4-7,10-11H2,1H3. The summed E-state index contributed by atoms with van der Waals surface area (Å²) in [5.41, 5.74) is 0.129. The maximum absolute atomic E-state index is 12.6. The highest BCUT2D eigenvalue weighted by molar-refractivity contribution is 7.16. The molecule has 0 aliphatic carbocycles. The van der Waals surface area contributed by atoms with Crippen molar-refractivity contribution in [1.82, 2.24) is 9.80 Å². The quantitative estimate of drug-likeness (QED) is 0.445. The number of halogens is 3. The number of thiophene rings is 1. The molecule has 0 spiro atoms. The molecule has 0 unspecified atom stereocenters. The van der Waals surface area contributed by atoms with Gasteiger partial charge in [0.05, 0.1) is 22.4 Å². The number of nitro groups is 1. The molecule has 1 aliphatic rings. The first kappa shape index (κ1) is 21.7. The highest BCUT2D eigenvalue weighted by Gasteiger charge is 2.25. The van der Waals surface area contributed by atoms with Gasteiger partial charge < -0.3 is 9.47 Å². The largest absolute Gasteiger partial charge is 0.493 e. The van der Waals surface area contributed by atoms with Crippen molar-refractivity contribution in [2.24, 2.45) is 0 Å². The van der Waals surface area contributed by atoms with Crippen molar-refractivity contribution in [3.63, 3.8) is 0 Å². The zero-order chi connectivity index (χ0) is 21.0. The molecule has 0 N–H and O–H groups in total. The molecule has 1 aromatic heterocycles. The SMILES string of the molecule is COc1cc(CN2CCN(Cc3ccc(Cl)s3)CC2)c([N+](=O)[O-])cc1OC(F)F. The van der Waals surface area contributed by atoms with Crippen LogP contribution >= 0.6 is 22.9 Å². The summed E-state index contributed by atoms with van der Waals surface area (Å²) in [5, 5.41) is 11.4. The summed E-state index contributed by atoms with van der Waals surface area (Å²) < 4.78 is 35.3. The van der Waals surface area contributed by atoms with Crippen molar-refractivity contribution in [2.45, 2.75) is 19.7 Å². The van der Waals surface area contributed by atoms with Gasteiger partial charge in [0.15, 0.2) is 11.5 Å². The van der Waals surface area contributed by atoms with Gasteiger partial charge >= 0.3 is 6.61 Å². The van der Waals surface area contributed by atoms with Crippen molar-refractivity contribution in [2.75, 3.05) is 33.3 Å². The predicted molar refractivity (Wildman–Crippen MR) is 106 cm³/mol. The molecule has 0 bridgehead atoms. The van der Waals surface area contributed by atoms with Crippen molar-refractivity contribution < 1.29 is 23.2 Å². The van der Waals surface area contributed by atoms with Crippen molar-refractivity contribution in [3.8, 4) is 11.5 Å². The van der Waals surface area contributed by atoms with Crippen molar-refractivity contribution >= 4 is 28.6 Å². The topological polar surface area (TPSA) is 68.1 Å². The summed E-state index contributed by atoms with van der Waals surface area (Å²) in [6.07, 6.45) is 0. The van der Waals surface area contributed by atoms with Gasteiger partial charge in [-0.1, -0.05) is 11.6 Å². The third-order valence-corrected chi connectivity index (χ3v) is 5.86. The zero-order valence-electron chi connectivity index (χ0n) is 15.6. The first-order valence-electron chi connectivity index (χ1n) is 8.84. The predicted octanol–water partition coefficient (Wildman–Crippen LogP) is 4.24. The minimum Gasteiger partial charge on any atom is -0.493 e. The van der Waals surface area contributed by atoms with Gasteiger partial charge in [0.2, 0.25) is 0 Å². The highest BCUT2D eigenvalue weighted by Crippen LogP contribution is 2.36. The van der Waals surface area contributed by atoms with E-state index >= 15 is 0 Å². The van der Waals surface area contributed by atoms with Crippen LogP contribution in [0.25, 0.3) is 0 Å². The van der Waals surface area contributed by atoms with E-state index in [-0.39, 0.29) is 17.2 Å². The van der Waals surface area contributed by atoms with E-state index in [0.717, 1.165) is 43.1 Å². The van der Waals surface area contributed by atoms with Crippen LogP contribution in [0.1, 0.15) is 10.4 Å². The molecule has 2 aromatic rings. The van der Waals surface area contributed by atoms with Gasteiger partial charge in [0, 0.05) is 49.7 Å². The first-order valence-corrected chi connectivity index (χ1v) is 10.0. The minimum absolute atomic E-state index is 0.0408. The van der Waals surface area contributed by atoms with E-state index in [4.69, 9.17) is 16.3 Å². The summed E-state index contributed by atoms with van der Waals surface area (Å²) in [5.74, 6) is -0.309. The first-order chi connectivity index (χ1) is 13.9. The van der Waals surface area contributed by atoms with E-state index in [1.54, 1.807) is 11.3 Å². The Labute approximate surface area is 175 Å². The second kappa shape index (κ2) is 9.66. The van der Waals surface area contributed by atoms with Gasteiger partial charge in [-0.2, -0.15) is 8.78 Å². The van der Waals surface area contributed by atoms with Gasteiger partial charge in [-0.25, -0.2) is 0 Å². The highest BCUT2D eigenvalue weighted by atomic mass is 35.5. The number of nitrogens with zero attached hydrogens (tertiary/aromatic N) is 3. The third-order valence-electron chi connectivity index (χ3n) is 4.64. The summed E-state index contributed by atoms with van der Waals surface area (Å²) in [6.45, 7) is 1.13. The molecular formula is C18H20ClF2N3O4S. The van der Waals surface area contributed by atoms with Gasteiger partial charge in [-0.3, -0.25) is 19.9 Å². The smallest absolute Gasteiger partial charge is 0.387 e. The van der Waals surface area contributed by atoms with Crippen LogP contribution in [0.4, 0.5) is 14.5 Å². The molecule has 2 heterocycles. The van der Waals surface area contributed by atoms with Crippen molar-refractivity contribution in [1.29, 1.82) is 0 Å². The number of rotatable bonds is 8. The van der Waals surface area contributed by atoms with E-state index in [2.05, 4.69) is 14.5 Å². The van der Waals surface area contributed by atoms with Crippen molar-refractivity contribution in [3.05, 3.63) is 49.2 Å². The molecule has 1 aromatic carbocycles. The van der Waals surface area contributed by atoms with Crippen LogP contribution in [-0.4, -0.2) is 54.6 Å². The lowest BCUT2D eigenvalue weighted by Crippen LogP contribution is -2.45. The summed E-state index contributed by atoms with van der Waals surface area (Å²) in [4.78, 5) is 16.4. The van der Waals surface area contributed by atoms with Gasteiger partial charge in [0.1, 0.15) is 0 Å². The summed E-state index contributed by atoms with van der Waals surface area (Å²) in [7, 11) is 1.30. The maximum atomic E-state index is 12.6. The zero-order valence-corrected chi connectivity index (χ0v) is 17.2. The maximum Gasteiger partial charge on any atom is 0.387 e. The van der Waals surface area contributed by atoms with Gasteiger partial charge in [0.25, 0.3) is 5.69 Å². The number of alkyl halides is 2.